The van der Waals surface area contributed by atoms with Crippen LogP contribution in [-0.2, 0) is 17.6 Å². The number of aliphatic hydroxyl groups excluding tert-OH is 1. The Labute approximate surface area is 239 Å². The third kappa shape index (κ3) is 6.70. The highest BCUT2D eigenvalue weighted by atomic mass is 32.1. The number of aromatic nitrogens is 2. The van der Waals surface area contributed by atoms with E-state index in [0.717, 1.165) is 48.8 Å². The lowest BCUT2D eigenvalue weighted by Crippen LogP contribution is -2.52. The maximum Gasteiger partial charge on any atom is 0.218 e. The van der Waals surface area contributed by atoms with E-state index in [4.69, 9.17) is 9.72 Å². The number of benzene rings is 1. The molecule has 2 aromatic heterocycles. The van der Waals surface area contributed by atoms with Crippen LogP contribution < -0.4 is 15.4 Å². The molecule has 1 aliphatic carbocycles. The Morgan fingerprint density at radius 2 is 2.05 bits per heavy atom. The predicted molar refractivity (Wildman–Crippen MR) is 155 cm³/mol. The molecule has 3 atom stereocenters. The SMILES string of the molecule is CC(=O)N[C@@H](Cc1ccc(F)c(-c2nccs2)c1)[C@H](O)CN[C@H]1CC2(CCC2)Oc2ncc(CC(C)(C)C)cc21. The topological polar surface area (TPSA) is 96.4 Å². The van der Waals surface area contributed by atoms with Gasteiger partial charge in [0.15, 0.2) is 0 Å². The standard InChI is InChI=1S/C31H39FN4O3S/c1-19(37)36-25(14-20-6-7-24(32)22(12-20)29-33-10-11-40-29)27(38)18-34-26-16-31(8-5-9-31)39-28-23(26)13-21(17-35-28)15-30(2,3)4/h6-7,10-13,17,25-27,34,38H,5,8-9,14-16,18H2,1-4H3,(H,36,37)/t25-,26-,27+/m0/s1. The summed E-state index contributed by atoms with van der Waals surface area (Å²) in [5.41, 5.74) is 3.34. The quantitative estimate of drug-likeness (QED) is 0.322. The zero-order chi connectivity index (χ0) is 28.5. The normalized spacial score (nSPS) is 19.3. The highest BCUT2D eigenvalue weighted by Gasteiger charge is 2.46. The number of halogens is 1. The summed E-state index contributed by atoms with van der Waals surface area (Å²) in [6, 6.07) is 6.47. The first-order chi connectivity index (χ1) is 19.0. The Morgan fingerprint density at radius 1 is 1.25 bits per heavy atom. The Balaban J connectivity index is 1.33. The van der Waals surface area contributed by atoms with Crippen LogP contribution in [-0.4, -0.2) is 45.3 Å². The molecule has 40 heavy (non-hydrogen) atoms. The van der Waals surface area contributed by atoms with E-state index in [2.05, 4.69) is 42.5 Å². The Kier molecular flexibility index (Phi) is 8.27. The zero-order valence-electron chi connectivity index (χ0n) is 23.7. The third-order valence-electron chi connectivity index (χ3n) is 7.78. The van der Waals surface area contributed by atoms with Crippen molar-refractivity contribution in [1.29, 1.82) is 0 Å². The lowest BCUT2D eigenvalue weighted by Gasteiger charge is -2.47. The number of rotatable bonds is 9. The lowest BCUT2D eigenvalue weighted by molar-refractivity contribution is -0.120. The third-order valence-corrected chi connectivity index (χ3v) is 8.58. The van der Waals surface area contributed by atoms with E-state index in [1.807, 2.05) is 6.20 Å². The van der Waals surface area contributed by atoms with Crippen molar-refractivity contribution < 1.29 is 19.0 Å². The molecule has 2 aliphatic rings. The minimum Gasteiger partial charge on any atom is -0.471 e. The van der Waals surface area contributed by atoms with E-state index < -0.39 is 12.1 Å². The van der Waals surface area contributed by atoms with E-state index in [-0.39, 0.29) is 35.3 Å². The van der Waals surface area contributed by atoms with Gasteiger partial charge in [0.1, 0.15) is 16.4 Å². The van der Waals surface area contributed by atoms with Crippen LogP contribution in [0.5, 0.6) is 5.88 Å². The van der Waals surface area contributed by atoms with Crippen molar-refractivity contribution in [3.8, 4) is 16.5 Å². The number of pyridine rings is 1. The molecule has 1 saturated carbocycles. The molecule has 3 N–H and O–H groups in total. The first-order valence-electron chi connectivity index (χ1n) is 14.0. The van der Waals surface area contributed by atoms with Gasteiger partial charge >= 0.3 is 0 Å². The second-order valence-electron chi connectivity index (χ2n) is 12.5. The highest BCUT2D eigenvalue weighted by molar-refractivity contribution is 7.13. The highest BCUT2D eigenvalue weighted by Crippen LogP contribution is 2.48. The van der Waals surface area contributed by atoms with E-state index in [0.29, 0.717) is 22.9 Å². The average Bonchev–Trinajstić information content (AvgIpc) is 3.40. The molecule has 214 valence electrons. The van der Waals surface area contributed by atoms with Crippen molar-refractivity contribution >= 4 is 17.2 Å². The van der Waals surface area contributed by atoms with Gasteiger partial charge in [-0.2, -0.15) is 0 Å². The van der Waals surface area contributed by atoms with Crippen molar-refractivity contribution in [2.75, 3.05) is 6.54 Å². The van der Waals surface area contributed by atoms with E-state index >= 15 is 0 Å². The molecular formula is C31H39FN4O3S. The molecule has 1 spiro atoms. The molecule has 7 nitrogen and oxygen atoms in total. The van der Waals surface area contributed by atoms with Crippen LogP contribution in [0.2, 0.25) is 0 Å². The molecule has 5 rings (SSSR count). The maximum absolute atomic E-state index is 14.5. The number of carbonyl (C=O) groups is 1. The smallest absolute Gasteiger partial charge is 0.218 e. The molecule has 1 fully saturated rings. The number of fused-ring (bicyclic) bond motifs is 1. The van der Waals surface area contributed by atoms with Gasteiger partial charge in [0.2, 0.25) is 11.8 Å². The summed E-state index contributed by atoms with van der Waals surface area (Å²) in [4.78, 5) is 21.0. The van der Waals surface area contributed by atoms with Crippen molar-refractivity contribution in [3.05, 3.63) is 64.5 Å². The van der Waals surface area contributed by atoms with Crippen LogP contribution in [0.4, 0.5) is 4.39 Å². The van der Waals surface area contributed by atoms with Crippen LogP contribution in [0.25, 0.3) is 10.6 Å². The largest absolute Gasteiger partial charge is 0.471 e. The van der Waals surface area contributed by atoms with Crippen LogP contribution in [0.3, 0.4) is 0 Å². The molecule has 0 saturated heterocycles. The van der Waals surface area contributed by atoms with Gasteiger partial charge < -0.3 is 20.5 Å². The molecule has 1 aromatic carbocycles. The number of carbonyl (C=O) groups excluding carboxylic acids is 1. The summed E-state index contributed by atoms with van der Waals surface area (Å²) in [6.07, 6.45) is 7.90. The molecule has 9 heteroatoms. The van der Waals surface area contributed by atoms with E-state index in [9.17, 15) is 14.3 Å². The monoisotopic (exact) mass is 566 g/mol. The van der Waals surface area contributed by atoms with Gasteiger partial charge in [-0.25, -0.2) is 14.4 Å². The molecule has 1 aliphatic heterocycles. The number of aliphatic hydroxyl groups is 1. The van der Waals surface area contributed by atoms with Gasteiger partial charge in [-0.05, 0) is 66.8 Å². The summed E-state index contributed by atoms with van der Waals surface area (Å²) >= 11 is 1.37. The van der Waals surface area contributed by atoms with Crippen molar-refractivity contribution in [2.24, 2.45) is 5.41 Å². The molecule has 0 bridgehead atoms. The Morgan fingerprint density at radius 3 is 2.70 bits per heavy atom. The fourth-order valence-electron chi connectivity index (χ4n) is 5.77. The Bertz CT molecular complexity index is 1340. The first-order valence-corrected chi connectivity index (χ1v) is 14.9. The molecule has 3 aromatic rings. The number of thiazole rings is 1. The molecular weight excluding hydrogens is 527 g/mol. The van der Waals surface area contributed by atoms with Crippen LogP contribution in [0.15, 0.2) is 42.0 Å². The zero-order valence-corrected chi connectivity index (χ0v) is 24.5. The lowest BCUT2D eigenvalue weighted by atomic mass is 9.73. The number of hydrogen-bond donors (Lipinski definition) is 3. The average molecular weight is 567 g/mol. The van der Waals surface area contributed by atoms with Gasteiger partial charge in [-0.15, -0.1) is 11.3 Å². The molecule has 1 amide bonds. The van der Waals surface area contributed by atoms with Gasteiger partial charge in [-0.1, -0.05) is 26.8 Å². The minimum absolute atomic E-state index is 0.0218. The Hall–Kier alpha value is -2.88. The predicted octanol–water partition coefficient (Wildman–Crippen LogP) is 5.38. The second kappa shape index (κ2) is 11.5. The van der Waals surface area contributed by atoms with Crippen LogP contribution in [0, 0.1) is 11.2 Å². The fraction of sp³-hybridized carbons (Fsp3) is 0.516. The summed E-state index contributed by atoms with van der Waals surface area (Å²) in [5.74, 6) is 0.0988. The summed E-state index contributed by atoms with van der Waals surface area (Å²) < 4.78 is 20.9. The number of hydrogen-bond acceptors (Lipinski definition) is 7. The van der Waals surface area contributed by atoms with Crippen molar-refractivity contribution in [2.45, 2.75) is 90.0 Å². The number of nitrogens with one attached hydrogen (secondary N) is 2. The van der Waals surface area contributed by atoms with Gasteiger partial charge in [0, 0.05) is 54.8 Å². The van der Waals surface area contributed by atoms with Gasteiger partial charge in [0.25, 0.3) is 0 Å². The first kappa shape index (κ1) is 28.6. The van der Waals surface area contributed by atoms with E-state index in [1.165, 1.54) is 24.3 Å². The summed E-state index contributed by atoms with van der Waals surface area (Å²) in [5, 5.41) is 20.2. The van der Waals surface area contributed by atoms with Gasteiger partial charge in [-0.3, -0.25) is 4.79 Å². The van der Waals surface area contributed by atoms with E-state index in [1.54, 1.807) is 23.7 Å². The van der Waals surface area contributed by atoms with Gasteiger partial charge in [0.05, 0.1) is 12.1 Å². The maximum atomic E-state index is 14.5. The number of ether oxygens (including phenoxy) is 1. The molecule has 0 unspecified atom stereocenters. The number of amides is 1. The molecule has 3 heterocycles. The summed E-state index contributed by atoms with van der Waals surface area (Å²) in [6.45, 7) is 8.34. The fourth-order valence-corrected chi connectivity index (χ4v) is 6.43. The van der Waals surface area contributed by atoms with Crippen LogP contribution >= 0.6 is 11.3 Å². The van der Waals surface area contributed by atoms with Crippen molar-refractivity contribution in [3.63, 3.8) is 0 Å². The van der Waals surface area contributed by atoms with Crippen LogP contribution in [0.1, 0.15) is 76.1 Å². The number of nitrogens with zero attached hydrogens (tertiary/aromatic N) is 2. The minimum atomic E-state index is -0.869. The summed E-state index contributed by atoms with van der Waals surface area (Å²) in [7, 11) is 0. The van der Waals surface area contributed by atoms with Crippen molar-refractivity contribution in [1.82, 2.24) is 20.6 Å². The molecule has 0 radical (unpaired) electrons. The second-order valence-corrected chi connectivity index (χ2v) is 13.4.